The second-order valence-electron chi connectivity index (χ2n) is 6.34. The molecule has 0 radical (unpaired) electrons. The van der Waals surface area contributed by atoms with E-state index in [1.165, 1.54) is 13.0 Å². The number of amides is 2. The maximum Gasteiger partial charge on any atom is 0.251 e. The highest BCUT2D eigenvalue weighted by molar-refractivity contribution is 6.34. The van der Waals surface area contributed by atoms with Crippen LogP contribution in [0.3, 0.4) is 0 Å². The van der Waals surface area contributed by atoms with Gasteiger partial charge in [-0.3, -0.25) is 14.4 Å². The number of hydrogen-bond donors (Lipinski definition) is 2. The van der Waals surface area contributed by atoms with Crippen LogP contribution in [0, 0.1) is 13.8 Å². The minimum absolute atomic E-state index is 0.0506. The van der Waals surface area contributed by atoms with Crippen LogP contribution in [-0.4, -0.2) is 17.6 Å². The second kappa shape index (κ2) is 8.64. The van der Waals surface area contributed by atoms with Gasteiger partial charge in [0.05, 0.1) is 10.7 Å². The van der Waals surface area contributed by atoms with Gasteiger partial charge in [-0.15, -0.1) is 0 Å². The maximum atomic E-state index is 12.4. The van der Waals surface area contributed by atoms with E-state index in [1.54, 1.807) is 37.3 Å². The second-order valence-corrected chi connectivity index (χ2v) is 6.75. The van der Waals surface area contributed by atoms with Gasteiger partial charge in [0.2, 0.25) is 5.91 Å². The highest BCUT2D eigenvalue weighted by atomic mass is 35.5. The Hall–Kier alpha value is -2.92. The van der Waals surface area contributed by atoms with Crippen molar-refractivity contribution in [2.45, 2.75) is 27.7 Å². The molecule has 2 aromatic carbocycles. The summed E-state index contributed by atoms with van der Waals surface area (Å²) in [5, 5.41) is 5.84. The SMILES string of the molecule is CC(=O)c1ccc(NC(=O)/C=C(/C)C(=O)Nc2c(C)cc(C)cc2Cl)cc1. The van der Waals surface area contributed by atoms with Crippen molar-refractivity contribution in [1.82, 2.24) is 0 Å². The molecule has 2 N–H and O–H groups in total. The fourth-order valence-electron chi connectivity index (χ4n) is 2.51. The van der Waals surface area contributed by atoms with Crippen molar-refractivity contribution in [3.63, 3.8) is 0 Å². The van der Waals surface area contributed by atoms with Crippen molar-refractivity contribution >= 4 is 40.6 Å². The maximum absolute atomic E-state index is 12.4. The van der Waals surface area contributed by atoms with Crippen LogP contribution in [0.5, 0.6) is 0 Å². The summed E-state index contributed by atoms with van der Waals surface area (Å²) in [4.78, 5) is 35.7. The molecular weight excluding hydrogens is 364 g/mol. The van der Waals surface area contributed by atoms with E-state index in [0.717, 1.165) is 11.1 Å². The number of ketones is 1. The van der Waals surface area contributed by atoms with Crippen LogP contribution in [0.25, 0.3) is 0 Å². The van der Waals surface area contributed by atoms with Crippen molar-refractivity contribution in [1.29, 1.82) is 0 Å². The molecule has 2 rings (SSSR count). The number of rotatable bonds is 5. The first-order valence-corrected chi connectivity index (χ1v) is 8.73. The van der Waals surface area contributed by atoms with Crippen molar-refractivity contribution in [2.75, 3.05) is 10.6 Å². The normalized spacial score (nSPS) is 11.1. The van der Waals surface area contributed by atoms with Crippen molar-refractivity contribution in [3.05, 3.63) is 69.8 Å². The average Bonchev–Trinajstić information content (AvgIpc) is 2.58. The van der Waals surface area contributed by atoms with Gasteiger partial charge < -0.3 is 10.6 Å². The Bertz CT molecular complexity index is 908. The molecule has 0 aliphatic heterocycles. The molecule has 0 heterocycles. The zero-order chi connectivity index (χ0) is 20.1. The smallest absolute Gasteiger partial charge is 0.251 e. The molecule has 6 heteroatoms. The minimum atomic E-state index is -0.440. The molecule has 2 aromatic rings. The molecule has 0 aliphatic carbocycles. The van der Waals surface area contributed by atoms with Gasteiger partial charge in [-0.25, -0.2) is 0 Å². The lowest BCUT2D eigenvalue weighted by Gasteiger charge is -2.12. The van der Waals surface area contributed by atoms with Crippen LogP contribution in [0.4, 0.5) is 11.4 Å². The molecule has 0 unspecified atom stereocenters. The van der Waals surface area contributed by atoms with E-state index in [1.807, 2.05) is 19.9 Å². The van der Waals surface area contributed by atoms with E-state index < -0.39 is 11.8 Å². The van der Waals surface area contributed by atoms with Crippen LogP contribution in [0.1, 0.15) is 35.3 Å². The fraction of sp³-hybridized carbons (Fsp3) is 0.190. The highest BCUT2D eigenvalue weighted by Gasteiger charge is 2.12. The Morgan fingerprint density at radius 1 is 0.963 bits per heavy atom. The Morgan fingerprint density at radius 3 is 2.15 bits per heavy atom. The third-order valence-electron chi connectivity index (χ3n) is 3.93. The number of carbonyl (C=O) groups excluding carboxylic acids is 3. The molecule has 140 valence electrons. The van der Waals surface area contributed by atoms with Gasteiger partial charge in [0.15, 0.2) is 5.78 Å². The first-order chi connectivity index (χ1) is 12.7. The zero-order valence-electron chi connectivity index (χ0n) is 15.6. The van der Waals surface area contributed by atoms with Crippen LogP contribution in [-0.2, 0) is 9.59 Å². The summed E-state index contributed by atoms with van der Waals surface area (Å²) in [6.45, 7) is 6.79. The first kappa shape index (κ1) is 20.4. The number of carbonyl (C=O) groups is 3. The van der Waals surface area contributed by atoms with Gasteiger partial charge in [0.1, 0.15) is 0 Å². The molecule has 0 aromatic heterocycles. The van der Waals surface area contributed by atoms with Crippen molar-refractivity contribution < 1.29 is 14.4 Å². The minimum Gasteiger partial charge on any atom is -0.323 e. The fourth-order valence-corrected chi connectivity index (χ4v) is 2.88. The molecule has 0 fully saturated rings. The van der Waals surface area contributed by atoms with E-state index in [2.05, 4.69) is 10.6 Å². The molecule has 27 heavy (non-hydrogen) atoms. The topological polar surface area (TPSA) is 75.3 Å². The average molecular weight is 385 g/mol. The molecular formula is C21H21ClN2O3. The van der Waals surface area contributed by atoms with Crippen molar-refractivity contribution in [2.24, 2.45) is 0 Å². The van der Waals surface area contributed by atoms with Crippen LogP contribution < -0.4 is 10.6 Å². The molecule has 0 atom stereocenters. The summed E-state index contributed by atoms with van der Waals surface area (Å²) < 4.78 is 0. The number of halogens is 1. The van der Waals surface area contributed by atoms with Gasteiger partial charge in [-0.1, -0.05) is 17.7 Å². The highest BCUT2D eigenvalue weighted by Crippen LogP contribution is 2.27. The summed E-state index contributed by atoms with van der Waals surface area (Å²) in [7, 11) is 0. The summed E-state index contributed by atoms with van der Waals surface area (Å²) in [6, 6.07) is 10.2. The van der Waals surface area contributed by atoms with E-state index >= 15 is 0 Å². The van der Waals surface area contributed by atoms with Crippen LogP contribution in [0.2, 0.25) is 5.02 Å². The molecule has 5 nitrogen and oxygen atoms in total. The van der Waals surface area contributed by atoms with E-state index in [-0.39, 0.29) is 11.4 Å². The summed E-state index contributed by atoms with van der Waals surface area (Å²) in [5.41, 5.74) is 3.70. The lowest BCUT2D eigenvalue weighted by Crippen LogP contribution is -2.17. The van der Waals surface area contributed by atoms with E-state index in [9.17, 15) is 14.4 Å². The van der Waals surface area contributed by atoms with Crippen LogP contribution >= 0.6 is 11.6 Å². The summed E-state index contributed by atoms with van der Waals surface area (Å²) >= 11 is 6.19. The van der Waals surface area contributed by atoms with Crippen LogP contribution in [0.15, 0.2) is 48.0 Å². The van der Waals surface area contributed by atoms with Gasteiger partial charge in [-0.2, -0.15) is 0 Å². The quantitative estimate of drug-likeness (QED) is 0.580. The number of anilines is 2. The monoisotopic (exact) mass is 384 g/mol. The van der Waals surface area contributed by atoms with Gasteiger partial charge in [0.25, 0.3) is 5.91 Å². The third-order valence-corrected chi connectivity index (χ3v) is 4.23. The summed E-state index contributed by atoms with van der Waals surface area (Å²) in [6.07, 6.45) is 1.21. The summed E-state index contributed by atoms with van der Waals surface area (Å²) in [5.74, 6) is -0.902. The Kier molecular flexibility index (Phi) is 6.53. The third kappa shape index (κ3) is 5.53. The Balaban J connectivity index is 2.06. The number of nitrogens with one attached hydrogen (secondary N) is 2. The predicted octanol–water partition coefficient (Wildman–Crippen LogP) is 4.68. The standard InChI is InChI=1S/C21H21ClN2O3/c1-12-9-13(2)20(18(22)10-12)24-21(27)14(3)11-19(26)23-17-7-5-16(6-8-17)15(4)25/h5-11H,1-4H3,(H,23,26)(H,24,27)/b14-11-. The van der Waals surface area contributed by atoms with E-state index in [4.69, 9.17) is 11.6 Å². The lowest BCUT2D eigenvalue weighted by molar-refractivity contribution is -0.114. The Morgan fingerprint density at radius 2 is 1.59 bits per heavy atom. The number of Topliss-reactive ketones (excluding diaryl/α,β-unsaturated/α-hetero) is 1. The number of benzene rings is 2. The Labute approximate surface area is 163 Å². The van der Waals surface area contributed by atoms with Gasteiger partial charge in [0, 0.05) is 22.9 Å². The molecule has 0 aliphatic rings. The first-order valence-electron chi connectivity index (χ1n) is 8.35. The lowest BCUT2D eigenvalue weighted by atomic mass is 10.1. The molecule has 2 amide bonds. The molecule has 0 bridgehead atoms. The van der Waals surface area contributed by atoms with Crippen molar-refractivity contribution in [3.8, 4) is 0 Å². The van der Waals surface area contributed by atoms with Gasteiger partial charge >= 0.3 is 0 Å². The molecule has 0 saturated heterocycles. The van der Waals surface area contributed by atoms with Gasteiger partial charge in [-0.05, 0) is 69.2 Å². The number of aryl methyl sites for hydroxylation is 2. The zero-order valence-corrected chi connectivity index (χ0v) is 16.4. The largest absolute Gasteiger partial charge is 0.323 e. The molecule has 0 saturated carbocycles. The molecule has 0 spiro atoms. The van der Waals surface area contributed by atoms with E-state index in [0.29, 0.717) is 22.0 Å². The number of hydrogen-bond acceptors (Lipinski definition) is 3. The predicted molar refractivity (Wildman–Crippen MR) is 108 cm³/mol.